The minimum Gasteiger partial charge on any atom is -0.351 e. The van der Waals surface area contributed by atoms with Crippen molar-refractivity contribution in [3.05, 3.63) is 83.4 Å². The number of benzene rings is 2. The lowest BCUT2D eigenvalue weighted by Crippen LogP contribution is -2.53. The van der Waals surface area contributed by atoms with Gasteiger partial charge in [0.15, 0.2) is 0 Å². The van der Waals surface area contributed by atoms with Crippen molar-refractivity contribution in [3.63, 3.8) is 0 Å². The van der Waals surface area contributed by atoms with E-state index in [-0.39, 0.29) is 23.6 Å². The summed E-state index contributed by atoms with van der Waals surface area (Å²) in [6.45, 7) is 8.95. The van der Waals surface area contributed by atoms with Crippen LogP contribution >= 0.6 is 0 Å². The third-order valence-corrected chi connectivity index (χ3v) is 5.83. The number of rotatable bonds is 7. The molecule has 0 unspecified atom stereocenters. The normalized spacial score (nSPS) is 15.0. The van der Waals surface area contributed by atoms with Crippen molar-refractivity contribution in [1.82, 2.24) is 15.5 Å². The average molecular weight is 434 g/mol. The minimum absolute atomic E-state index is 0.00334. The predicted octanol–water partition coefficient (Wildman–Crippen LogP) is 3.26. The van der Waals surface area contributed by atoms with E-state index in [1.165, 1.54) is 0 Å². The maximum absolute atomic E-state index is 12.9. The Hall–Kier alpha value is -3.41. The van der Waals surface area contributed by atoms with Crippen molar-refractivity contribution in [1.29, 1.82) is 0 Å². The van der Waals surface area contributed by atoms with Crippen LogP contribution in [0.5, 0.6) is 0 Å². The van der Waals surface area contributed by atoms with Crippen LogP contribution in [0.25, 0.3) is 0 Å². The van der Waals surface area contributed by atoms with E-state index in [9.17, 15) is 14.4 Å². The van der Waals surface area contributed by atoms with E-state index in [0.717, 1.165) is 11.1 Å². The van der Waals surface area contributed by atoms with Gasteiger partial charge in [0.2, 0.25) is 5.91 Å². The number of hydrogen-bond donors (Lipinski definition) is 2. The molecule has 32 heavy (non-hydrogen) atoms. The van der Waals surface area contributed by atoms with E-state index in [4.69, 9.17) is 0 Å². The third-order valence-electron chi connectivity index (χ3n) is 5.83. The molecule has 1 saturated heterocycles. The highest BCUT2D eigenvalue weighted by Gasteiger charge is 2.34. The number of hydrogen-bond acceptors (Lipinski definition) is 3. The van der Waals surface area contributed by atoms with Crippen LogP contribution in [0.4, 0.5) is 0 Å². The zero-order valence-electron chi connectivity index (χ0n) is 18.8. The zero-order chi connectivity index (χ0) is 23.1. The molecule has 6 nitrogen and oxygen atoms in total. The number of likely N-dealkylation sites (tertiary alicyclic amines) is 1. The highest BCUT2D eigenvalue weighted by molar-refractivity contribution is 5.98. The van der Waals surface area contributed by atoms with Crippen LogP contribution < -0.4 is 10.6 Å². The highest BCUT2D eigenvalue weighted by Crippen LogP contribution is 2.23. The molecule has 2 aromatic carbocycles. The van der Waals surface area contributed by atoms with Crippen molar-refractivity contribution in [2.24, 2.45) is 5.92 Å². The van der Waals surface area contributed by atoms with Crippen LogP contribution in [-0.4, -0.2) is 48.3 Å². The lowest BCUT2D eigenvalue weighted by molar-refractivity contribution is -0.124. The molecule has 1 heterocycles. The van der Waals surface area contributed by atoms with Crippen molar-refractivity contribution in [2.75, 3.05) is 19.6 Å². The number of aryl methyl sites for hydroxylation is 2. The fourth-order valence-corrected chi connectivity index (χ4v) is 4.09. The summed E-state index contributed by atoms with van der Waals surface area (Å²) in [5, 5.41) is 5.75. The van der Waals surface area contributed by atoms with E-state index in [0.29, 0.717) is 43.6 Å². The lowest BCUT2D eigenvalue weighted by atomic mass is 9.88. The second-order valence-corrected chi connectivity index (χ2v) is 8.35. The molecule has 168 valence electrons. The van der Waals surface area contributed by atoms with Gasteiger partial charge in [-0.15, -0.1) is 6.58 Å². The molecule has 0 saturated carbocycles. The molecule has 0 radical (unpaired) electrons. The number of nitrogens with zero attached hydrogens (tertiary/aromatic N) is 1. The third kappa shape index (κ3) is 5.84. The van der Waals surface area contributed by atoms with Crippen molar-refractivity contribution in [3.8, 4) is 0 Å². The van der Waals surface area contributed by atoms with E-state index in [1.807, 2.05) is 55.1 Å². The van der Waals surface area contributed by atoms with Gasteiger partial charge < -0.3 is 15.5 Å². The Bertz CT molecular complexity index is 993. The summed E-state index contributed by atoms with van der Waals surface area (Å²) in [4.78, 5) is 40.4. The first kappa shape index (κ1) is 23.3. The van der Waals surface area contributed by atoms with E-state index in [2.05, 4.69) is 17.2 Å². The molecule has 3 rings (SSSR count). The van der Waals surface area contributed by atoms with Gasteiger partial charge in [-0.05, 0) is 56.9 Å². The van der Waals surface area contributed by atoms with Crippen molar-refractivity contribution < 1.29 is 14.4 Å². The Morgan fingerprint density at radius 2 is 1.62 bits per heavy atom. The summed E-state index contributed by atoms with van der Waals surface area (Å²) < 4.78 is 0. The summed E-state index contributed by atoms with van der Waals surface area (Å²) in [5.74, 6) is -0.557. The van der Waals surface area contributed by atoms with Gasteiger partial charge in [0.25, 0.3) is 11.8 Å². The molecule has 3 amide bonds. The Morgan fingerprint density at radius 1 is 1.03 bits per heavy atom. The highest BCUT2D eigenvalue weighted by atomic mass is 16.2. The maximum atomic E-state index is 12.9. The molecule has 1 aliphatic heterocycles. The summed E-state index contributed by atoms with van der Waals surface area (Å²) in [6, 6.07) is 14.2. The summed E-state index contributed by atoms with van der Waals surface area (Å²) in [7, 11) is 0. The first-order chi connectivity index (χ1) is 15.4. The topological polar surface area (TPSA) is 78.5 Å². The number of carbonyl (C=O) groups is 3. The monoisotopic (exact) mass is 433 g/mol. The molecule has 0 spiro atoms. The average Bonchev–Trinajstić information content (AvgIpc) is 2.80. The van der Waals surface area contributed by atoms with Gasteiger partial charge in [-0.25, -0.2) is 0 Å². The minimum atomic E-state index is -0.667. The predicted molar refractivity (Wildman–Crippen MR) is 125 cm³/mol. The van der Waals surface area contributed by atoms with Gasteiger partial charge in [0.05, 0.1) is 0 Å². The van der Waals surface area contributed by atoms with Crippen LogP contribution in [0.2, 0.25) is 0 Å². The standard InChI is InChI=1S/C26H31N3O3/c1-4-13-27-25(31)23(28-24(30)21-9-5-7-18(2)16-21)20-11-14-29(15-12-20)26(32)22-10-6-8-19(3)17-22/h4-10,16-17,20,23H,1,11-15H2,2-3H3,(H,27,31)(H,28,30)/t23-/m0/s1. The van der Waals surface area contributed by atoms with Gasteiger partial charge in [-0.1, -0.05) is 41.5 Å². The maximum Gasteiger partial charge on any atom is 0.253 e. The van der Waals surface area contributed by atoms with Gasteiger partial charge in [-0.3, -0.25) is 14.4 Å². The summed E-state index contributed by atoms with van der Waals surface area (Å²) >= 11 is 0. The number of piperidine rings is 1. The largest absolute Gasteiger partial charge is 0.351 e. The molecule has 0 bridgehead atoms. The van der Waals surface area contributed by atoms with Gasteiger partial charge >= 0.3 is 0 Å². The molecule has 1 aliphatic rings. The van der Waals surface area contributed by atoms with Crippen LogP contribution in [-0.2, 0) is 4.79 Å². The molecule has 1 fully saturated rings. The lowest BCUT2D eigenvalue weighted by Gasteiger charge is -2.36. The molecular weight excluding hydrogens is 402 g/mol. The SMILES string of the molecule is C=CCNC(=O)[C@@H](NC(=O)c1cccc(C)c1)C1CCN(C(=O)c2cccc(C)c2)CC1. The quantitative estimate of drug-likeness (QED) is 0.658. The zero-order valence-corrected chi connectivity index (χ0v) is 18.8. The number of carbonyl (C=O) groups excluding carboxylic acids is 3. The summed E-state index contributed by atoms with van der Waals surface area (Å²) in [6.07, 6.45) is 2.89. The summed E-state index contributed by atoms with van der Waals surface area (Å²) in [5.41, 5.74) is 3.23. The van der Waals surface area contributed by atoms with Crippen LogP contribution in [0.15, 0.2) is 61.2 Å². The molecule has 0 aliphatic carbocycles. The Morgan fingerprint density at radius 3 is 2.22 bits per heavy atom. The van der Waals surface area contributed by atoms with Gasteiger partial charge in [-0.2, -0.15) is 0 Å². The van der Waals surface area contributed by atoms with Crippen molar-refractivity contribution in [2.45, 2.75) is 32.7 Å². The molecule has 2 N–H and O–H groups in total. The fourth-order valence-electron chi connectivity index (χ4n) is 4.09. The number of nitrogens with one attached hydrogen (secondary N) is 2. The van der Waals surface area contributed by atoms with E-state index >= 15 is 0 Å². The van der Waals surface area contributed by atoms with Crippen LogP contribution in [0, 0.1) is 19.8 Å². The number of amides is 3. The second-order valence-electron chi connectivity index (χ2n) is 8.35. The van der Waals surface area contributed by atoms with E-state index in [1.54, 1.807) is 18.2 Å². The first-order valence-corrected chi connectivity index (χ1v) is 11.0. The first-order valence-electron chi connectivity index (χ1n) is 11.0. The Kier molecular flexibility index (Phi) is 7.82. The van der Waals surface area contributed by atoms with Crippen LogP contribution in [0.1, 0.15) is 44.7 Å². The second kappa shape index (κ2) is 10.8. The Balaban J connectivity index is 1.69. The van der Waals surface area contributed by atoms with Crippen molar-refractivity contribution >= 4 is 17.7 Å². The molecule has 6 heteroatoms. The van der Waals surface area contributed by atoms with Gasteiger partial charge in [0, 0.05) is 30.8 Å². The molecule has 0 aromatic heterocycles. The fraction of sp³-hybridized carbons (Fsp3) is 0.346. The smallest absolute Gasteiger partial charge is 0.253 e. The van der Waals surface area contributed by atoms with E-state index < -0.39 is 6.04 Å². The molecule has 2 aromatic rings. The Labute approximate surface area is 189 Å². The van der Waals surface area contributed by atoms with Gasteiger partial charge in [0.1, 0.15) is 6.04 Å². The molecular formula is C26H31N3O3. The van der Waals surface area contributed by atoms with Crippen LogP contribution in [0.3, 0.4) is 0 Å². The molecule has 1 atom stereocenters.